The van der Waals surface area contributed by atoms with Gasteiger partial charge in [0.1, 0.15) is 5.75 Å². The van der Waals surface area contributed by atoms with Crippen LogP contribution in [-0.2, 0) is 13.0 Å². The van der Waals surface area contributed by atoms with Gasteiger partial charge in [-0.15, -0.1) is 0 Å². The molecule has 23 heavy (non-hydrogen) atoms. The fourth-order valence-corrected chi connectivity index (χ4v) is 2.76. The number of hydrogen-bond acceptors (Lipinski definition) is 2. The number of ether oxygens (including phenoxy) is 1. The number of amides is 2. The van der Waals surface area contributed by atoms with Gasteiger partial charge in [0.25, 0.3) is 0 Å². The van der Waals surface area contributed by atoms with Crippen molar-refractivity contribution in [3.63, 3.8) is 0 Å². The van der Waals surface area contributed by atoms with Crippen molar-refractivity contribution in [1.82, 2.24) is 4.90 Å². The molecule has 0 bridgehead atoms. The summed E-state index contributed by atoms with van der Waals surface area (Å²) in [5, 5.41) is 2.95. The maximum absolute atomic E-state index is 12.4. The molecule has 120 valence electrons. The van der Waals surface area contributed by atoms with Crippen molar-refractivity contribution in [2.24, 2.45) is 0 Å². The van der Waals surface area contributed by atoms with Crippen LogP contribution in [0.2, 0.25) is 0 Å². The van der Waals surface area contributed by atoms with Gasteiger partial charge in [0.05, 0.1) is 6.10 Å². The Morgan fingerprint density at radius 2 is 1.78 bits per heavy atom. The normalized spacial score (nSPS) is 13.6. The van der Waals surface area contributed by atoms with Crippen LogP contribution in [0.3, 0.4) is 0 Å². The third-order valence-corrected chi connectivity index (χ3v) is 3.90. The summed E-state index contributed by atoms with van der Waals surface area (Å²) < 4.78 is 5.61. The van der Waals surface area contributed by atoms with E-state index in [1.807, 2.05) is 49.1 Å². The molecule has 0 aliphatic carbocycles. The highest BCUT2D eigenvalue weighted by Crippen LogP contribution is 2.21. The minimum Gasteiger partial charge on any atom is -0.491 e. The summed E-state index contributed by atoms with van der Waals surface area (Å²) in [6.07, 6.45) is 1.05. The number of nitrogens with zero attached hydrogens (tertiary/aromatic N) is 1. The molecule has 2 aromatic carbocycles. The lowest BCUT2D eigenvalue weighted by Crippen LogP contribution is -2.38. The molecule has 4 heteroatoms. The molecule has 0 saturated heterocycles. The Hall–Kier alpha value is -2.49. The van der Waals surface area contributed by atoms with Crippen molar-refractivity contribution in [2.75, 3.05) is 11.9 Å². The van der Waals surface area contributed by atoms with Gasteiger partial charge in [-0.1, -0.05) is 24.3 Å². The SMILES string of the molecule is CC(C)Oc1ccc(NC(=O)N2CCc3ccccc3C2)cc1. The zero-order chi connectivity index (χ0) is 16.2. The van der Waals surface area contributed by atoms with E-state index in [4.69, 9.17) is 4.74 Å². The van der Waals surface area contributed by atoms with E-state index in [1.54, 1.807) is 0 Å². The van der Waals surface area contributed by atoms with Crippen molar-refractivity contribution < 1.29 is 9.53 Å². The zero-order valence-corrected chi connectivity index (χ0v) is 13.6. The van der Waals surface area contributed by atoms with Crippen LogP contribution in [0, 0.1) is 0 Å². The topological polar surface area (TPSA) is 41.6 Å². The van der Waals surface area contributed by atoms with E-state index in [0.717, 1.165) is 24.4 Å². The standard InChI is InChI=1S/C19H22N2O2/c1-14(2)23-18-9-7-17(8-10-18)20-19(22)21-12-11-15-5-3-4-6-16(15)13-21/h3-10,14H,11-13H2,1-2H3,(H,20,22). The summed E-state index contributed by atoms with van der Waals surface area (Å²) in [7, 11) is 0. The highest BCUT2D eigenvalue weighted by atomic mass is 16.5. The molecule has 1 aliphatic heterocycles. The Kier molecular flexibility index (Phi) is 4.51. The first-order valence-corrected chi connectivity index (χ1v) is 8.01. The molecular formula is C19H22N2O2. The van der Waals surface area contributed by atoms with Crippen molar-refractivity contribution in [1.29, 1.82) is 0 Å². The molecule has 3 rings (SSSR count). The summed E-state index contributed by atoms with van der Waals surface area (Å²) in [6.45, 7) is 5.39. The molecule has 1 aliphatic rings. The highest BCUT2D eigenvalue weighted by Gasteiger charge is 2.20. The second kappa shape index (κ2) is 6.73. The summed E-state index contributed by atoms with van der Waals surface area (Å²) in [5.41, 5.74) is 3.35. The first kappa shape index (κ1) is 15.4. The molecule has 1 heterocycles. The lowest BCUT2D eigenvalue weighted by molar-refractivity contribution is 0.206. The molecule has 0 unspecified atom stereocenters. The van der Waals surface area contributed by atoms with Crippen LogP contribution in [0.5, 0.6) is 5.75 Å². The quantitative estimate of drug-likeness (QED) is 0.928. The van der Waals surface area contributed by atoms with Crippen LogP contribution in [0.25, 0.3) is 0 Å². The molecule has 0 spiro atoms. The summed E-state index contributed by atoms with van der Waals surface area (Å²) in [6, 6.07) is 15.7. The van der Waals surface area contributed by atoms with Gasteiger partial charge >= 0.3 is 6.03 Å². The van der Waals surface area contributed by atoms with Gasteiger partial charge in [0, 0.05) is 18.8 Å². The number of nitrogens with one attached hydrogen (secondary N) is 1. The van der Waals surface area contributed by atoms with Crippen molar-refractivity contribution >= 4 is 11.7 Å². The van der Waals surface area contributed by atoms with E-state index in [2.05, 4.69) is 23.5 Å². The van der Waals surface area contributed by atoms with Gasteiger partial charge in [-0.05, 0) is 55.7 Å². The average molecular weight is 310 g/mol. The fourth-order valence-electron chi connectivity index (χ4n) is 2.76. The van der Waals surface area contributed by atoms with Crippen LogP contribution >= 0.6 is 0 Å². The van der Waals surface area contributed by atoms with Crippen molar-refractivity contribution in [3.05, 3.63) is 59.7 Å². The van der Waals surface area contributed by atoms with Crippen LogP contribution < -0.4 is 10.1 Å². The van der Waals surface area contributed by atoms with Gasteiger partial charge in [0.2, 0.25) is 0 Å². The van der Waals surface area contributed by atoms with E-state index in [-0.39, 0.29) is 12.1 Å². The van der Waals surface area contributed by atoms with E-state index < -0.39 is 0 Å². The predicted octanol–water partition coefficient (Wildman–Crippen LogP) is 4.06. The number of anilines is 1. The molecule has 0 fully saturated rings. The van der Waals surface area contributed by atoms with Gasteiger partial charge in [-0.25, -0.2) is 4.79 Å². The lowest BCUT2D eigenvalue weighted by Gasteiger charge is -2.29. The third kappa shape index (κ3) is 3.83. The van der Waals surface area contributed by atoms with E-state index in [0.29, 0.717) is 6.54 Å². The Morgan fingerprint density at radius 1 is 1.09 bits per heavy atom. The zero-order valence-electron chi connectivity index (χ0n) is 13.6. The van der Waals surface area contributed by atoms with Crippen molar-refractivity contribution in [2.45, 2.75) is 32.9 Å². The number of carbonyl (C=O) groups is 1. The first-order valence-electron chi connectivity index (χ1n) is 8.01. The van der Waals surface area contributed by atoms with E-state index in [9.17, 15) is 4.79 Å². The average Bonchev–Trinajstić information content (AvgIpc) is 2.55. The molecule has 0 aromatic heterocycles. The van der Waals surface area contributed by atoms with Crippen LogP contribution in [0.4, 0.5) is 10.5 Å². The summed E-state index contributed by atoms with van der Waals surface area (Å²) >= 11 is 0. The fraction of sp³-hybridized carbons (Fsp3) is 0.316. The number of carbonyl (C=O) groups excluding carboxylic acids is 1. The maximum Gasteiger partial charge on any atom is 0.322 e. The third-order valence-electron chi connectivity index (χ3n) is 3.90. The number of urea groups is 1. The molecule has 2 amide bonds. The minimum absolute atomic E-state index is 0.0583. The van der Waals surface area contributed by atoms with Crippen LogP contribution in [-0.4, -0.2) is 23.6 Å². The second-order valence-corrected chi connectivity index (χ2v) is 6.06. The van der Waals surface area contributed by atoms with E-state index in [1.165, 1.54) is 11.1 Å². The number of rotatable bonds is 3. The monoisotopic (exact) mass is 310 g/mol. The molecule has 1 N–H and O–H groups in total. The first-order chi connectivity index (χ1) is 11.1. The van der Waals surface area contributed by atoms with Crippen LogP contribution in [0.15, 0.2) is 48.5 Å². The number of fused-ring (bicyclic) bond motifs is 1. The van der Waals surface area contributed by atoms with Crippen molar-refractivity contribution in [3.8, 4) is 5.75 Å². The number of hydrogen-bond donors (Lipinski definition) is 1. The van der Waals surface area contributed by atoms with Gasteiger partial charge < -0.3 is 15.0 Å². The largest absolute Gasteiger partial charge is 0.491 e. The Balaban J connectivity index is 1.61. The minimum atomic E-state index is -0.0583. The molecule has 0 atom stereocenters. The molecule has 0 radical (unpaired) electrons. The molecule has 0 saturated carbocycles. The molecular weight excluding hydrogens is 288 g/mol. The molecule has 4 nitrogen and oxygen atoms in total. The summed E-state index contributed by atoms with van der Waals surface area (Å²) in [4.78, 5) is 14.3. The number of benzene rings is 2. The second-order valence-electron chi connectivity index (χ2n) is 6.06. The smallest absolute Gasteiger partial charge is 0.322 e. The highest BCUT2D eigenvalue weighted by molar-refractivity contribution is 5.89. The lowest BCUT2D eigenvalue weighted by atomic mass is 10.0. The Morgan fingerprint density at radius 3 is 2.48 bits per heavy atom. The molecule has 2 aromatic rings. The Labute approximate surface area is 137 Å². The Bertz CT molecular complexity index is 680. The van der Waals surface area contributed by atoms with Gasteiger partial charge in [-0.3, -0.25) is 0 Å². The van der Waals surface area contributed by atoms with Crippen LogP contribution in [0.1, 0.15) is 25.0 Å². The van der Waals surface area contributed by atoms with E-state index >= 15 is 0 Å². The maximum atomic E-state index is 12.4. The van der Waals surface area contributed by atoms with Gasteiger partial charge in [-0.2, -0.15) is 0 Å². The van der Waals surface area contributed by atoms with Gasteiger partial charge in [0.15, 0.2) is 0 Å². The summed E-state index contributed by atoms with van der Waals surface area (Å²) in [5.74, 6) is 0.810. The predicted molar refractivity (Wildman–Crippen MR) is 91.8 cm³/mol.